The molecule has 1 aliphatic rings. The van der Waals surface area contributed by atoms with Crippen molar-refractivity contribution in [1.29, 1.82) is 0 Å². The summed E-state index contributed by atoms with van der Waals surface area (Å²) >= 11 is 3.06. The minimum atomic E-state index is -0.267. The van der Waals surface area contributed by atoms with Gasteiger partial charge in [0.2, 0.25) is 0 Å². The summed E-state index contributed by atoms with van der Waals surface area (Å²) in [7, 11) is 0. The molecule has 0 radical (unpaired) electrons. The van der Waals surface area contributed by atoms with E-state index in [0.717, 1.165) is 41.3 Å². The lowest BCUT2D eigenvalue weighted by atomic mass is 9.97. The Balaban J connectivity index is 1.75. The third-order valence-electron chi connectivity index (χ3n) is 3.42. The Morgan fingerprint density at radius 2 is 2.05 bits per heavy atom. The Bertz CT molecular complexity index is 596. The van der Waals surface area contributed by atoms with Gasteiger partial charge in [0.1, 0.15) is 4.88 Å². The molecule has 3 rings (SSSR count). The lowest BCUT2D eigenvalue weighted by molar-refractivity contribution is 0.136. The molecule has 2 heterocycles. The van der Waals surface area contributed by atoms with Crippen LogP contribution < -0.4 is 0 Å². The predicted molar refractivity (Wildman–Crippen MR) is 79.0 cm³/mol. The van der Waals surface area contributed by atoms with Crippen molar-refractivity contribution in [3.05, 3.63) is 10.7 Å². The normalized spacial score (nSPS) is 23.1. The first-order chi connectivity index (χ1) is 9.63. The molecule has 5 nitrogen and oxygen atoms in total. The van der Waals surface area contributed by atoms with Gasteiger partial charge in [-0.05, 0) is 26.7 Å². The fraction of sp³-hybridized carbons (Fsp3) is 0.615. The number of hydrogen-bond donors (Lipinski definition) is 1. The van der Waals surface area contributed by atoms with E-state index in [1.54, 1.807) is 11.3 Å². The number of rotatable bonds is 3. The highest BCUT2D eigenvalue weighted by Gasteiger charge is 2.26. The fourth-order valence-corrected chi connectivity index (χ4v) is 4.32. The molecule has 108 valence electrons. The molecule has 2 aromatic rings. The summed E-state index contributed by atoms with van der Waals surface area (Å²) in [5.74, 6) is 0.529. The number of aromatic nitrogens is 3. The van der Waals surface area contributed by atoms with E-state index >= 15 is 0 Å². The van der Waals surface area contributed by atoms with Crippen molar-refractivity contribution in [2.45, 2.75) is 56.1 Å². The Morgan fingerprint density at radius 1 is 1.25 bits per heavy atom. The van der Waals surface area contributed by atoms with Crippen LogP contribution in [0.3, 0.4) is 0 Å². The molecule has 0 saturated heterocycles. The van der Waals surface area contributed by atoms with E-state index in [1.807, 2.05) is 13.8 Å². The maximum atomic E-state index is 9.98. The number of aryl methyl sites for hydroxylation is 2. The quantitative estimate of drug-likeness (QED) is 0.938. The van der Waals surface area contributed by atoms with Gasteiger partial charge in [-0.2, -0.15) is 0 Å². The molecule has 2 unspecified atom stereocenters. The molecule has 7 heteroatoms. The van der Waals surface area contributed by atoms with Gasteiger partial charge in [0, 0.05) is 5.25 Å². The molecule has 1 saturated carbocycles. The second-order valence-corrected chi connectivity index (χ2v) is 7.42. The van der Waals surface area contributed by atoms with Crippen molar-refractivity contribution in [3.8, 4) is 10.8 Å². The van der Waals surface area contributed by atoms with Crippen molar-refractivity contribution in [2.75, 3.05) is 0 Å². The van der Waals surface area contributed by atoms with Crippen molar-refractivity contribution < 1.29 is 9.52 Å². The van der Waals surface area contributed by atoms with E-state index < -0.39 is 0 Å². The molecule has 0 aromatic carbocycles. The number of thioether (sulfide) groups is 1. The second kappa shape index (κ2) is 5.83. The van der Waals surface area contributed by atoms with Crippen LogP contribution in [0.4, 0.5) is 0 Å². The van der Waals surface area contributed by atoms with Crippen LogP contribution in [0.5, 0.6) is 0 Å². The third-order valence-corrected chi connectivity index (χ3v) is 5.70. The number of aliphatic hydroxyl groups excluding tert-OH is 1. The van der Waals surface area contributed by atoms with Crippen LogP contribution in [-0.2, 0) is 0 Å². The zero-order chi connectivity index (χ0) is 14.1. The monoisotopic (exact) mass is 311 g/mol. The highest BCUT2D eigenvalue weighted by atomic mass is 32.2. The lowest BCUT2D eigenvalue weighted by Crippen LogP contribution is -2.26. The Hall–Kier alpha value is -0.920. The smallest absolute Gasteiger partial charge is 0.277 e. The van der Waals surface area contributed by atoms with Gasteiger partial charge >= 0.3 is 0 Å². The molecule has 20 heavy (non-hydrogen) atoms. The van der Waals surface area contributed by atoms with Gasteiger partial charge in [0.05, 0.1) is 16.8 Å². The lowest BCUT2D eigenvalue weighted by Gasteiger charge is -2.25. The molecule has 1 fully saturated rings. The summed E-state index contributed by atoms with van der Waals surface area (Å²) in [6.45, 7) is 3.91. The number of hydrogen-bond acceptors (Lipinski definition) is 7. The predicted octanol–water partition coefficient (Wildman–Crippen LogP) is 3.21. The van der Waals surface area contributed by atoms with Gasteiger partial charge in [-0.15, -0.1) is 21.5 Å². The fourth-order valence-electron chi connectivity index (χ4n) is 2.42. The molecular weight excluding hydrogens is 294 g/mol. The van der Waals surface area contributed by atoms with E-state index in [2.05, 4.69) is 15.2 Å². The second-order valence-electron chi connectivity index (χ2n) is 5.03. The Labute approximate surface area is 125 Å². The van der Waals surface area contributed by atoms with E-state index in [-0.39, 0.29) is 11.4 Å². The third kappa shape index (κ3) is 2.89. The maximum absolute atomic E-state index is 9.98. The standard InChI is InChI=1S/C13H17N3O2S2/c1-7-11(19-8(2)14-7)12-15-16-13(18-12)20-10-6-4-3-5-9(10)17/h9-10,17H,3-6H2,1-2H3. The van der Waals surface area contributed by atoms with Crippen LogP contribution in [0.15, 0.2) is 9.64 Å². The van der Waals surface area contributed by atoms with Crippen molar-refractivity contribution >= 4 is 23.1 Å². The van der Waals surface area contributed by atoms with Crippen LogP contribution in [0.2, 0.25) is 0 Å². The average Bonchev–Trinajstić information content (AvgIpc) is 2.99. The van der Waals surface area contributed by atoms with Crippen LogP contribution in [0, 0.1) is 13.8 Å². The summed E-state index contributed by atoms with van der Waals surface area (Å²) in [4.78, 5) is 5.30. The van der Waals surface area contributed by atoms with Gasteiger partial charge in [-0.25, -0.2) is 4.98 Å². The van der Waals surface area contributed by atoms with Crippen molar-refractivity contribution in [1.82, 2.24) is 15.2 Å². The Kier molecular flexibility index (Phi) is 4.09. The highest BCUT2D eigenvalue weighted by molar-refractivity contribution is 7.99. The summed E-state index contributed by atoms with van der Waals surface area (Å²) in [5.41, 5.74) is 0.922. The zero-order valence-electron chi connectivity index (χ0n) is 11.5. The van der Waals surface area contributed by atoms with Gasteiger partial charge in [-0.1, -0.05) is 24.6 Å². The SMILES string of the molecule is Cc1nc(C)c(-c2nnc(SC3CCCCC3O)o2)s1. The number of aliphatic hydroxyl groups is 1. The minimum Gasteiger partial charge on any atom is -0.410 e. The van der Waals surface area contributed by atoms with Gasteiger partial charge < -0.3 is 9.52 Å². The first kappa shape index (κ1) is 14.0. The zero-order valence-corrected chi connectivity index (χ0v) is 13.1. The largest absolute Gasteiger partial charge is 0.410 e. The molecule has 0 spiro atoms. The molecule has 0 aliphatic heterocycles. The minimum absolute atomic E-state index is 0.168. The molecule has 2 atom stereocenters. The number of nitrogens with zero attached hydrogens (tertiary/aromatic N) is 3. The summed E-state index contributed by atoms with van der Waals surface area (Å²) < 4.78 is 5.71. The summed E-state index contributed by atoms with van der Waals surface area (Å²) in [6, 6.07) is 0. The van der Waals surface area contributed by atoms with E-state index in [9.17, 15) is 5.11 Å². The van der Waals surface area contributed by atoms with E-state index in [0.29, 0.717) is 11.1 Å². The maximum Gasteiger partial charge on any atom is 0.277 e. The van der Waals surface area contributed by atoms with Crippen LogP contribution in [0.1, 0.15) is 36.4 Å². The molecule has 0 bridgehead atoms. The number of thiazole rings is 1. The van der Waals surface area contributed by atoms with E-state index in [4.69, 9.17) is 4.42 Å². The van der Waals surface area contributed by atoms with Crippen molar-refractivity contribution in [2.24, 2.45) is 0 Å². The van der Waals surface area contributed by atoms with Crippen LogP contribution in [0.25, 0.3) is 10.8 Å². The van der Waals surface area contributed by atoms with Crippen LogP contribution >= 0.6 is 23.1 Å². The van der Waals surface area contributed by atoms with Gasteiger partial charge in [0.15, 0.2) is 0 Å². The Morgan fingerprint density at radius 3 is 2.75 bits per heavy atom. The first-order valence-corrected chi connectivity index (χ1v) is 8.45. The van der Waals surface area contributed by atoms with Gasteiger partial charge in [-0.3, -0.25) is 0 Å². The summed E-state index contributed by atoms with van der Waals surface area (Å²) in [6.07, 6.45) is 3.86. The van der Waals surface area contributed by atoms with Gasteiger partial charge in [0.25, 0.3) is 11.1 Å². The van der Waals surface area contributed by atoms with Crippen LogP contribution in [-0.4, -0.2) is 31.6 Å². The molecule has 0 amide bonds. The molecule has 2 aromatic heterocycles. The van der Waals surface area contributed by atoms with Crippen molar-refractivity contribution in [3.63, 3.8) is 0 Å². The average molecular weight is 311 g/mol. The van der Waals surface area contributed by atoms with E-state index in [1.165, 1.54) is 11.8 Å². The molecule has 1 aliphatic carbocycles. The molecule has 1 N–H and O–H groups in total. The highest BCUT2D eigenvalue weighted by Crippen LogP contribution is 2.35. The summed E-state index contributed by atoms with van der Waals surface area (Å²) in [5, 5.41) is 19.9. The topological polar surface area (TPSA) is 72.0 Å². The first-order valence-electron chi connectivity index (χ1n) is 6.76. The molecular formula is C13H17N3O2S2.